The molecule has 1 aliphatic rings. The van der Waals surface area contributed by atoms with Crippen molar-refractivity contribution < 1.29 is 19.8 Å². The summed E-state index contributed by atoms with van der Waals surface area (Å²) in [6.07, 6.45) is 2.65. The highest BCUT2D eigenvalue weighted by Crippen LogP contribution is 2.28. The molecule has 0 aliphatic heterocycles. The van der Waals surface area contributed by atoms with Crippen LogP contribution >= 0.6 is 0 Å². The molecule has 98 valence electrons. The van der Waals surface area contributed by atoms with Gasteiger partial charge in [-0.15, -0.1) is 0 Å². The summed E-state index contributed by atoms with van der Waals surface area (Å²) in [7, 11) is 0. The number of hydrogen-bond donors (Lipinski definition) is 3. The lowest BCUT2D eigenvalue weighted by molar-refractivity contribution is -0.147. The number of aliphatic hydroxyl groups is 1. The smallest absolute Gasteiger partial charge is 0.332 e. The molecule has 0 bridgehead atoms. The van der Waals surface area contributed by atoms with Crippen LogP contribution in [0.1, 0.15) is 39.0 Å². The van der Waals surface area contributed by atoms with Crippen LogP contribution in [0.15, 0.2) is 0 Å². The molecule has 3 N–H and O–H groups in total. The monoisotopic (exact) mass is 243 g/mol. The number of aliphatic hydroxyl groups excluding tert-OH is 1. The van der Waals surface area contributed by atoms with Gasteiger partial charge >= 0.3 is 5.97 Å². The van der Waals surface area contributed by atoms with Crippen molar-refractivity contribution >= 4 is 11.9 Å². The highest BCUT2D eigenvalue weighted by molar-refractivity contribution is 5.78. The third kappa shape index (κ3) is 4.73. The second kappa shape index (κ2) is 6.59. The van der Waals surface area contributed by atoms with Gasteiger partial charge in [0.05, 0.1) is 0 Å². The van der Waals surface area contributed by atoms with Crippen molar-refractivity contribution in [3.8, 4) is 0 Å². The van der Waals surface area contributed by atoms with Gasteiger partial charge < -0.3 is 15.5 Å². The molecular formula is C12H21NO4. The fourth-order valence-electron chi connectivity index (χ4n) is 2.12. The van der Waals surface area contributed by atoms with Gasteiger partial charge in [0.2, 0.25) is 5.91 Å². The first-order valence-corrected chi connectivity index (χ1v) is 6.19. The third-order valence-corrected chi connectivity index (χ3v) is 3.39. The molecule has 0 aromatic rings. The van der Waals surface area contributed by atoms with E-state index in [0.29, 0.717) is 5.92 Å². The summed E-state index contributed by atoms with van der Waals surface area (Å²) in [6, 6.07) is 0. The van der Waals surface area contributed by atoms with E-state index < -0.39 is 12.1 Å². The van der Waals surface area contributed by atoms with Gasteiger partial charge in [-0.25, -0.2) is 4.79 Å². The van der Waals surface area contributed by atoms with E-state index in [2.05, 4.69) is 12.2 Å². The summed E-state index contributed by atoms with van der Waals surface area (Å²) in [5, 5.41) is 20.2. The average Bonchev–Trinajstić information content (AvgIpc) is 2.29. The Kier molecular flexibility index (Phi) is 5.41. The fourth-order valence-corrected chi connectivity index (χ4v) is 2.12. The topological polar surface area (TPSA) is 86.6 Å². The molecule has 1 atom stereocenters. The maximum Gasteiger partial charge on any atom is 0.332 e. The number of carbonyl (C=O) groups excluding carboxylic acids is 1. The Labute approximate surface area is 101 Å². The van der Waals surface area contributed by atoms with E-state index in [9.17, 15) is 9.59 Å². The van der Waals surface area contributed by atoms with Crippen LogP contribution in [0.25, 0.3) is 0 Å². The van der Waals surface area contributed by atoms with Gasteiger partial charge in [-0.1, -0.05) is 6.92 Å². The summed E-state index contributed by atoms with van der Waals surface area (Å²) in [4.78, 5) is 22.1. The molecule has 5 nitrogen and oxygen atoms in total. The van der Waals surface area contributed by atoms with E-state index in [-0.39, 0.29) is 24.8 Å². The SMILES string of the molecule is CC1CCC(C(=O)NCC[C@H](O)C(=O)O)CC1. The Balaban J connectivity index is 2.19. The minimum absolute atomic E-state index is 0.00510. The molecule has 5 heteroatoms. The first kappa shape index (κ1) is 14.0. The number of carbonyl (C=O) groups is 2. The van der Waals surface area contributed by atoms with Gasteiger partial charge in [0.25, 0.3) is 0 Å². The molecule has 0 radical (unpaired) electrons. The first-order valence-electron chi connectivity index (χ1n) is 6.19. The zero-order chi connectivity index (χ0) is 12.8. The molecule has 1 saturated carbocycles. The molecule has 0 saturated heterocycles. The maximum atomic E-state index is 11.7. The minimum Gasteiger partial charge on any atom is -0.479 e. The number of amides is 1. The number of carboxylic acid groups (broad SMARTS) is 1. The van der Waals surface area contributed by atoms with E-state index >= 15 is 0 Å². The van der Waals surface area contributed by atoms with E-state index in [1.807, 2.05) is 0 Å². The summed E-state index contributed by atoms with van der Waals surface area (Å²) in [5.74, 6) is -0.485. The largest absolute Gasteiger partial charge is 0.479 e. The normalized spacial score (nSPS) is 26.2. The molecule has 0 aromatic carbocycles. The van der Waals surface area contributed by atoms with Crippen molar-refractivity contribution in [1.82, 2.24) is 5.32 Å². The standard InChI is InChI=1S/C12H21NO4/c1-8-2-4-9(5-3-8)11(15)13-7-6-10(14)12(16)17/h8-10,14H,2-7H2,1H3,(H,13,15)(H,16,17)/t8?,9?,10-/m0/s1. The average molecular weight is 243 g/mol. The number of aliphatic carboxylic acids is 1. The van der Waals surface area contributed by atoms with Crippen LogP contribution in [0.5, 0.6) is 0 Å². The van der Waals surface area contributed by atoms with Gasteiger partial charge in [0.1, 0.15) is 0 Å². The Hall–Kier alpha value is -1.10. The highest BCUT2D eigenvalue weighted by atomic mass is 16.4. The van der Waals surface area contributed by atoms with E-state index in [4.69, 9.17) is 10.2 Å². The Morgan fingerprint density at radius 1 is 1.29 bits per heavy atom. The predicted molar refractivity (Wildman–Crippen MR) is 62.4 cm³/mol. The molecule has 0 aromatic heterocycles. The van der Waals surface area contributed by atoms with Crippen molar-refractivity contribution in [1.29, 1.82) is 0 Å². The molecule has 17 heavy (non-hydrogen) atoms. The van der Waals surface area contributed by atoms with Crippen LogP contribution in [0.3, 0.4) is 0 Å². The number of carboxylic acids is 1. The van der Waals surface area contributed by atoms with Gasteiger partial charge in [-0.3, -0.25) is 4.79 Å². The maximum absolute atomic E-state index is 11.7. The van der Waals surface area contributed by atoms with Gasteiger partial charge in [-0.2, -0.15) is 0 Å². The molecule has 1 aliphatic carbocycles. The quantitative estimate of drug-likeness (QED) is 0.665. The molecule has 0 heterocycles. The number of hydrogen-bond acceptors (Lipinski definition) is 3. The summed E-state index contributed by atoms with van der Waals surface area (Å²) < 4.78 is 0. The molecule has 1 amide bonds. The zero-order valence-corrected chi connectivity index (χ0v) is 10.2. The third-order valence-electron chi connectivity index (χ3n) is 3.39. The molecule has 1 rings (SSSR count). The fraction of sp³-hybridized carbons (Fsp3) is 0.833. The van der Waals surface area contributed by atoms with E-state index in [1.54, 1.807) is 0 Å². The Morgan fingerprint density at radius 3 is 2.41 bits per heavy atom. The predicted octanol–water partition coefficient (Wildman–Crippen LogP) is 0.764. The summed E-state index contributed by atoms with van der Waals surface area (Å²) in [5.41, 5.74) is 0. The lowest BCUT2D eigenvalue weighted by atomic mass is 9.82. The van der Waals surface area contributed by atoms with Crippen molar-refractivity contribution in [2.24, 2.45) is 11.8 Å². The van der Waals surface area contributed by atoms with E-state index in [0.717, 1.165) is 25.7 Å². The summed E-state index contributed by atoms with van der Waals surface area (Å²) >= 11 is 0. The first-order chi connectivity index (χ1) is 8.00. The Morgan fingerprint density at radius 2 is 1.88 bits per heavy atom. The highest BCUT2D eigenvalue weighted by Gasteiger charge is 2.24. The van der Waals surface area contributed by atoms with Crippen LogP contribution in [-0.4, -0.2) is 34.7 Å². The molecular weight excluding hydrogens is 222 g/mol. The minimum atomic E-state index is -1.39. The van der Waals surface area contributed by atoms with Crippen LogP contribution in [0.2, 0.25) is 0 Å². The zero-order valence-electron chi connectivity index (χ0n) is 10.2. The van der Waals surface area contributed by atoms with Gasteiger partial charge in [-0.05, 0) is 31.6 Å². The number of nitrogens with one attached hydrogen (secondary N) is 1. The molecule has 0 unspecified atom stereocenters. The molecule has 0 spiro atoms. The van der Waals surface area contributed by atoms with Crippen LogP contribution in [-0.2, 0) is 9.59 Å². The lowest BCUT2D eigenvalue weighted by Gasteiger charge is -2.25. The van der Waals surface area contributed by atoms with Crippen LogP contribution < -0.4 is 5.32 Å². The van der Waals surface area contributed by atoms with Gasteiger partial charge in [0.15, 0.2) is 6.10 Å². The summed E-state index contributed by atoms with van der Waals surface area (Å²) in [6.45, 7) is 2.41. The van der Waals surface area contributed by atoms with Gasteiger partial charge in [0, 0.05) is 18.9 Å². The van der Waals surface area contributed by atoms with Crippen LogP contribution in [0.4, 0.5) is 0 Å². The van der Waals surface area contributed by atoms with E-state index in [1.165, 1.54) is 0 Å². The second-order valence-corrected chi connectivity index (χ2v) is 4.89. The van der Waals surface area contributed by atoms with Crippen molar-refractivity contribution in [3.63, 3.8) is 0 Å². The van der Waals surface area contributed by atoms with Crippen molar-refractivity contribution in [2.45, 2.75) is 45.1 Å². The van der Waals surface area contributed by atoms with Crippen molar-refractivity contribution in [3.05, 3.63) is 0 Å². The number of rotatable bonds is 5. The second-order valence-electron chi connectivity index (χ2n) is 4.89. The van der Waals surface area contributed by atoms with Crippen LogP contribution in [0, 0.1) is 11.8 Å². The lowest BCUT2D eigenvalue weighted by Crippen LogP contribution is -2.35. The Bertz CT molecular complexity index is 272. The molecule has 1 fully saturated rings. The van der Waals surface area contributed by atoms with Crippen molar-refractivity contribution in [2.75, 3.05) is 6.54 Å².